The molecule has 0 unspecified atom stereocenters. The number of nitrogens with zero attached hydrogens (tertiary/aromatic N) is 7. The fourth-order valence-corrected chi connectivity index (χ4v) is 4.26. The van der Waals surface area contributed by atoms with Crippen LogP contribution in [0.15, 0.2) is 70.7 Å². The predicted molar refractivity (Wildman–Crippen MR) is 152 cm³/mol. The molecule has 0 saturated heterocycles. The molecule has 4 heterocycles. The summed E-state index contributed by atoms with van der Waals surface area (Å²) in [6.07, 6.45) is 10.3. The van der Waals surface area contributed by atoms with Gasteiger partial charge in [-0.05, 0) is 56.5 Å². The van der Waals surface area contributed by atoms with Gasteiger partial charge >= 0.3 is 6.02 Å². The highest BCUT2D eigenvalue weighted by Gasteiger charge is 2.23. The van der Waals surface area contributed by atoms with Crippen molar-refractivity contribution in [2.75, 3.05) is 5.73 Å². The van der Waals surface area contributed by atoms with Crippen LogP contribution >= 0.6 is 0 Å². The van der Waals surface area contributed by atoms with Crippen LogP contribution in [0.2, 0.25) is 0 Å². The van der Waals surface area contributed by atoms with Crippen LogP contribution in [0.25, 0.3) is 44.5 Å². The number of hydrogen-bond acceptors (Lipinski definition) is 7. The first-order valence-corrected chi connectivity index (χ1v) is 11.8. The molecule has 2 N–H and O–H groups in total. The monoisotopic (exact) mass is 518 g/mol. The molecule has 0 bridgehead atoms. The molecule has 4 aromatic heterocycles. The number of fused-ring (bicyclic) bond motifs is 2. The Bertz CT molecular complexity index is 1880. The van der Waals surface area contributed by atoms with E-state index in [-0.39, 0.29) is 17.6 Å². The average Bonchev–Trinajstić information content (AvgIpc) is 3.26. The van der Waals surface area contributed by atoms with E-state index in [0.29, 0.717) is 39.2 Å². The van der Waals surface area contributed by atoms with Crippen LogP contribution in [0.4, 0.5) is 10.2 Å². The Kier molecular flexibility index (Phi) is 6.56. The third-order valence-corrected chi connectivity index (χ3v) is 6.21. The van der Waals surface area contributed by atoms with Gasteiger partial charge < -0.3 is 15.0 Å². The molecule has 0 atom stereocenters. The van der Waals surface area contributed by atoms with E-state index in [1.165, 1.54) is 18.5 Å². The minimum absolute atomic E-state index is 0.0532. The summed E-state index contributed by atoms with van der Waals surface area (Å²) in [5.41, 5.74) is 11.2. The standard InChI is InChI=1S/C29H23FN8O/c1-6-16(3)36-29(32-4)39-22-11-9-17(13-21(22)30)23-24-26(31)34-15-35-28(24)38(5)25(23)19-12-18-8-10-20(7-2)37-27(18)33-14-19/h2,6,8-15H,4H2,1,3,5H3,(H2,31,34,35)/b16-6-,36-29?. The quantitative estimate of drug-likeness (QED) is 0.196. The number of ether oxygens (including phenoxy) is 1. The van der Waals surface area contributed by atoms with Gasteiger partial charge in [-0.1, -0.05) is 18.1 Å². The lowest BCUT2D eigenvalue weighted by Crippen LogP contribution is -2.06. The van der Waals surface area contributed by atoms with Gasteiger partial charge in [-0.25, -0.2) is 34.3 Å². The fourth-order valence-electron chi connectivity index (χ4n) is 4.26. The van der Waals surface area contributed by atoms with Gasteiger partial charge in [0.2, 0.25) is 0 Å². The summed E-state index contributed by atoms with van der Waals surface area (Å²) in [7, 11) is 1.85. The summed E-state index contributed by atoms with van der Waals surface area (Å²) in [6.45, 7) is 7.05. The molecular weight excluding hydrogens is 495 g/mol. The number of amidine groups is 1. The molecular formula is C29H23FN8O. The van der Waals surface area contributed by atoms with Crippen LogP contribution in [0.5, 0.6) is 5.75 Å². The summed E-state index contributed by atoms with van der Waals surface area (Å²) in [5.74, 6) is 2.10. The van der Waals surface area contributed by atoms with Crippen molar-refractivity contribution < 1.29 is 9.13 Å². The van der Waals surface area contributed by atoms with Gasteiger partial charge in [-0.3, -0.25) is 0 Å². The topological polar surface area (TPSA) is 116 Å². The first kappa shape index (κ1) is 25.2. The highest BCUT2D eigenvalue weighted by molar-refractivity contribution is 6.08. The molecule has 0 radical (unpaired) electrons. The lowest BCUT2D eigenvalue weighted by molar-refractivity contribution is 0.486. The summed E-state index contributed by atoms with van der Waals surface area (Å²) in [5, 5.41) is 1.37. The highest BCUT2D eigenvalue weighted by atomic mass is 19.1. The van der Waals surface area contributed by atoms with E-state index >= 15 is 4.39 Å². The van der Waals surface area contributed by atoms with Gasteiger partial charge in [-0.15, -0.1) is 6.42 Å². The minimum atomic E-state index is -0.622. The normalized spacial score (nSPS) is 12.1. The predicted octanol–water partition coefficient (Wildman–Crippen LogP) is 5.31. The zero-order valence-electron chi connectivity index (χ0n) is 21.5. The summed E-state index contributed by atoms with van der Waals surface area (Å²) < 4.78 is 22.9. The Morgan fingerprint density at radius 2 is 2.00 bits per heavy atom. The van der Waals surface area contributed by atoms with Crippen molar-refractivity contribution in [3.8, 4) is 40.5 Å². The third-order valence-electron chi connectivity index (χ3n) is 6.21. The fraction of sp³-hybridized carbons (Fsp3) is 0.103. The number of allylic oxidation sites excluding steroid dienone is 2. The van der Waals surface area contributed by atoms with Crippen molar-refractivity contribution in [1.29, 1.82) is 0 Å². The molecule has 9 nitrogen and oxygen atoms in total. The van der Waals surface area contributed by atoms with Gasteiger partial charge in [0.25, 0.3) is 0 Å². The Balaban J connectivity index is 1.69. The number of aromatic nitrogens is 5. The Labute approximate surface area is 223 Å². The molecule has 0 fully saturated rings. The van der Waals surface area contributed by atoms with E-state index in [4.69, 9.17) is 16.9 Å². The van der Waals surface area contributed by atoms with Gasteiger partial charge in [-0.2, -0.15) is 0 Å². The number of aryl methyl sites for hydroxylation is 1. The van der Waals surface area contributed by atoms with Crippen molar-refractivity contribution in [2.24, 2.45) is 17.0 Å². The molecule has 39 heavy (non-hydrogen) atoms. The highest BCUT2D eigenvalue weighted by Crippen LogP contribution is 2.42. The Morgan fingerprint density at radius 3 is 2.72 bits per heavy atom. The number of anilines is 1. The molecule has 1 aromatic carbocycles. The number of nitrogens with two attached hydrogens (primary N) is 1. The zero-order valence-corrected chi connectivity index (χ0v) is 21.5. The first-order valence-electron chi connectivity index (χ1n) is 11.8. The van der Waals surface area contributed by atoms with Gasteiger partial charge in [0.15, 0.2) is 17.2 Å². The van der Waals surface area contributed by atoms with Gasteiger partial charge in [0.1, 0.15) is 23.5 Å². The molecule has 0 aliphatic rings. The van der Waals surface area contributed by atoms with Crippen molar-refractivity contribution in [3.05, 3.63) is 72.2 Å². The van der Waals surface area contributed by atoms with Crippen LogP contribution in [0, 0.1) is 18.2 Å². The number of rotatable bonds is 4. The number of pyridine rings is 2. The maximum absolute atomic E-state index is 15.4. The van der Waals surface area contributed by atoms with Crippen molar-refractivity contribution in [1.82, 2.24) is 24.5 Å². The van der Waals surface area contributed by atoms with Crippen LogP contribution in [-0.4, -0.2) is 37.2 Å². The Hall–Kier alpha value is -5.43. The minimum Gasteiger partial charge on any atom is -0.421 e. The Morgan fingerprint density at radius 1 is 1.18 bits per heavy atom. The molecule has 0 aliphatic carbocycles. The van der Waals surface area contributed by atoms with Crippen molar-refractivity contribution in [2.45, 2.75) is 13.8 Å². The van der Waals surface area contributed by atoms with E-state index in [2.05, 4.69) is 42.6 Å². The maximum Gasteiger partial charge on any atom is 0.321 e. The molecule has 0 aliphatic heterocycles. The molecule has 0 amide bonds. The number of terminal acetylenes is 1. The summed E-state index contributed by atoms with van der Waals surface area (Å²) >= 11 is 0. The molecule has 5 aromatic rings. The smallest absolute Gasteiger partial charge is 0.321 e. The molecule has 0 spiro atoms. The zero-order chi connectivity index (χ0) is 27.7. The van der Waals surface area contributed by atoms with E-state index in [9.17, 15) is 0 Å². The summed E-state index contributed by atoms with van der Waals surface area (Å²) in [4.78, 5) is 25.5. The molecule has 10 heteroatoms. The second-order valence-corrected chi connectivity index (χ2v) is 8.58. The lowest BCUT2D eigenvalue weighted by Gasteiger charge is -2.11. The summed E-state index contributed by atoms with van der Waals surface area (Å²) in [6, 6.07) is 10.1. The lowest BCUT2D eigenvalue weighted by atomic mass is 9.99. The average molecular weight is 519 g/mol. The van der Waals surface area contributed by atoms with Crippen LogP contribution in [0.1, 0.15) is 19.5 Å². The third kappa shape index (κ3) is 4.57. The van der Waals surface area contributed by atoms with E-state index in [1.54, 1.807) is 31.3 Å². The maximum atomic E-state index is 15.4. The van der Waals surface area contributed by atoms with Crippen molar-refractivity contribution >= 4 is 40.6 Å². The van der Waals surface area contributed by atoms with Crippen LogP contribution < -0.4 is 10.5 Å². The first-order chi connectivity index (χ1) is 18.8. The van der Waals surface area contributed by atoms with E-state index in [1.807, 2.05) is 30.7 Å². The van der Waals surface area contributed by atoms with E-state index in [0.717, 1.165) is 16.6 Å². The number of halogens is 1. The number of benzene rings is 1. The van der Waals surface area contributed by atoms with Gasteiger partial charge in [0, 0.05) is 35.5 Å². The molecule has 0 saturated carbocycles. The second kappa shape index (κ2) is 10.1. The number of aliphatic imine (C=N–C) groups is 2. The van der Waals surface area contributed by atoms with Crippen LogP contribution in [0.3, 0.4) is 0 Å². The number of nitrogen functional groups attached to an aromatic ring is 1. The second-order valence-electron chi connectivity index (χ2n) is 8.58. The largest absolute Gasteiger partial charge is 0.421 e. The molecule has 5 rings (SSSR count). The van der Waals surface area contributed by atoms with E-state index < -0.39 is 5.82 Å². The van der Waals surface area contributed by atoms with Crippen molar-refractivity contribution in [3.63, 3.8) is 0 Å². The number of hydrogen-bond donors (Lipinski definition) is 1. The van der Waals surface area contributed by atoms with Crippen LogP contribution in [-0.2, 0) is 7.05 Å². The van der Waals surface area contributed by atoms with Gasteiger partial charge in [0.05, 0.1) is 11.1 Å². The molecule has 192 valence electrons. The SMILES string of the molecule is C#Cc1ccc2cc(-c3c(-c4ccc(OC(N=C)=N/C(C)=C\C)c(F)c4)c4c(N)ncnc4n3C)cnc2n1.